The second-order valence-electron chi connectivity index (χ2n) is 4.51. The van der Waals surface area contributed by atoms with Gasteiger partial charge < -0.3 is 13.9 Å². The van der Waals surface area contributed by atoms with E-state index in [0.717, 1.165) is 5.56 Å². The first-order chi connectivity index (χ1) is 10.8. The minimum atomic E-state index is -0.328. The van der Waals surface area contributed by atoms with Crippen molar-refractivity contribution < 1.29 is 18.3 Å². The molecule has 0 amide bonds. The van der Waals surface area contributed by atoms with Crippen LogP contribution in [0.25, 0.3) is 11.5 Å². The molecule has 3 aromatic rings. The highest BCUT2D eigenvalue weighted by Gasteiger charge is 2.07. The number of aromatic nitrogens is 2. The SMILES string of the molecule is COc1ccc(F)cc1COc1ccc(-c2nnco2)cc1. The molecule has 0 atom stereocenters. The first-order valence-corrected chi connectivity index (χ1v) is 6.58. The van der Waals surface area contributed by atoms with Crippen LogP contribution in [0.2, 0.25) is 0 Å². The molecule has 112 valence electrons. The predicted molar refractivity (Wildman–Crippen MR) is 77.0 cm³/mol. The van der Waals surface area contributed by atoms with E-state index < -0.39 is 0 Å². The Bertz CT molecular complexity index is 743. The number of ether oxygens (including phenoxy) is 2. The maximum Gasteiger partial charge on any atom is 0.247 e. The van der Waals surface area contributed by atoms with Gasteiger partial charge in [0.2, 0.25) is 12.3 Å². The van der Waals surface area contributed by atoms with Crippen LogP contribution in [0.1, 0.15) is 5.56 Å². The van der Waals surface area contributed by atoms with Crippen molar-refractivity contribution in [2.75, 3.05) is 7.11 Å². The number of hydrogen-bond donors (Lipinski definition) is 0. The highest BCUT2D eigenvalue weighted by atomic mass is 19.1. The summed E-state index contributed by atoms with van der Waals surface area (Å²) in [5.41, 5.74) is 1.44. The lowest BCUT2D eigenvalue weighted by molar-refractivity contribution is 0.296. The van der Waals surface area contributed by atoms with Crippen molar-refractivity contribution >= 4 is 0 Å². The molecule has 0 saturated heterocycles. The average molecular weight is 300 g/mol. The number of halogens is 1. The third-order valence-electron chi connectivity index (χ3n) is 3.10. The monoisotopic (exact) mass is 300 g/mol. The Hall–Kier alpha value is -2.89. The standard InChI is InChI=1S/C16H13FN2O3/c1-20-15-7-4-13(17)8-12(15)9-21-14-5-2-11(3-6-14)16-19-18-10-22-16/h2-8,10H,9H2,1H3. The Balaban J connectivity index is 1.70. The van der Waals surface area contributed by atoms with Crippen LogP contribution < -0.4 is 9.47 Å². The van der Waals surface area contributed by atoms with Crippen molar-refractivity contribution in [1.29, 1.82) is 0 Å². The van der Waals surface area contributed by atoms with Crippen LogP contribution in [-0.2, 0) is 6.61 Å². The lowest BCUT2D eigenvalue weighted by Crippen LogP contribution is -1.99. The van der Waals surface area contributed by atoms with Gasteiger partial charge in [-0.3, -0.25) is 0 Å². The molecule has 0 saturated carbocycles. The molecule has 0 unspecified atom stereocenters. The van der Waals surface area contributed by atoms with Gasteiger partial charge in [-0.2, -0.15) is 0 Å². The zero-order valence-corrected chi connectivity index (χ0v) is 11.8. The summed E-state index contributed by atoms with van der Waals surface area (Å²) in [6.07, 6.45) is 1.27. The summed E-state index contributed by atoms with van der Waals surface area (Å²) in [4.78, 5) is 0. The summed E-state index contributed by atoms with van der Waals surface area (Å²) in [7, 11) is 1.54. The third-order valence-corrected chi connectivity index (χ3v) is 3.10. The fourth-order valence-corrected chi connectivity index (χ4v) is 2.01. The molecular weight excluding hydrogens is 287 g/mol. The van der Waals surface area contributed by atoms with Gasteiger partial charge in [-0.15, -0.1) is 10.2 Å². The Morgan fingerprint density at radius 1 is 1.14 bits per heavy atom. The normalized spacial score (nSPS) is 10.5. The summed E-state index contributed by atoms with van der Waals surface area (Å²) in [6.45, 7) is 0.209. The smallest absolute Gasteiger partial charge is 0.247 e. The first kappa shape index (κ1) is 14.1. The highest BCUT2D eigenvalue weighted by molar-refractivity contribution is 5.53. The topological polar surface area (TPSA) is 57.4 Å². The summed E-state index contributed by atoms with van der Waals surface area (Å²) < 4.78 is 29.2. The molecule has 6 heteroatoms. The number of benzene rings is 2. The van der Waals surface area contributed by atoms with Crippen molar-refractivity contribution in [3.8, 4) is 23.0 Å². The van der Waals surface area contributed by atoms with E-state index >= 15 is 0 Å². The maximum absolute atomic E-state index is 13.3. The third kappa shape index (κ3) is 3.06. The number of hydrogen-bond acceptors (Lipinski definition) is 5. The first-order valence-electron chi connectivity index (χ1n) is 6.58. The zero-order valence-electron chi connectivity index (χ0n) is 11.8. The van der Waals surface area contributed by atoms with E-state index in [-0.39, 0.29) is 12.4 Å². The molecular formula is C16H13FN2O3. The second kappa shape index (κ2) is 6.26. The zero-order chi connectivity index (χ0) is 15.4. The van der Waals surface area contributed by atoms with E-state index in [2.05, 4.69) is 10.2 Å². The van der Waals surface area contributed by atoms with Crippen LogP contribution in [0.4, 0.5) is 4.39 Å². The molecule has 0 spiro atoms. The number of rotatable bonds is 5. The highest BCUT2D eigenvalue weighted by Crippen LogP contribution is 2.23. The molecule has 0 aliphatic carbocycles. The largest absolute Gasteiger partial charge is 0.496 e. The lowest BCUT2D eigenvalue weighted by Gasteiger charge is -2.10. The van der Waals surface area contributed by atoms with Crippen molar-refractivity contribution in [2.45, 2.75) is 6.61 Å². The van der Waals surface area contributed by atoms with Gasteiger partial charge in [0.15, 0.2) is 0 Å². The average Bonchev–Trinajstić information content (AvgIpc) is 3.08. The van der Waals surface area contributed by atoms with Gasteiger partial charge in [-0.05, 0) is 42.5 Å². The van der Waals surface area contributed by atoms with E-state index in [1.54, 1.807) is 18.2 Å². The molecule has 1 heterocycles. The number of methoxy groups -OCH3 is 1. The van der Waals surface area contributed by atoms with Gasteiger partial charge in [0.05, 0.1) is 7.11 Å². The van der Waals surface area contributed by atoms with Gasteiger partial charge >= 0.3 is 0 Å². The minimum absolute atomic E-state index is 0.209. The van der Waals surface area contributed by atoms with Gasteiger partial charge in [0.1, 0.15) is 23.9 Å². The second-order valence-corrected chi connectivity index (χ2v) is 4.51. The molecule has 22 heavy (non-hydrogen) atoms. The molecule has 0 N–H and O–H groups in total. The lowest BCUT2D eigenvalue weighted by atomic mass is 10.2. The fraction of sp³-hybridized carbons (Fsp3) is 0.125. The Morgan fingerprint density at radius 3 is 2.64 bits per heavy atom. The van der Waals surface area contributed by atoms with E-state index in [1.165, 1.54) is 25.6 Å². The molecule has 0 radical (unpaired) electrons. The Morgan fingerprint density at radius 2 is 1.95 bits per heavy atom. The van der Waals surface area contributed by atoms with E-state index in [1.807, 2.05) is 12.1 Å². The van der Waals surface area contributed by atoms with Gasteiger partial charge in [0, 0.05) is 11.1 Å². The van der Waals surface area contributed by atoms with E-state index in [4.69, 9.17) is 13.9 Å². The quantitative estimate of drug-likeness (QED) is 0.722. The molecule has 3 rings (SSSR count). The Labute approximate surface area is 126 Å². The molecule has 2 aromatic carbocycles. The number of nitrogens with zero attached hydrogens (tertiary/aromatic N) is 2. The van der Waals surface area contributed by atoms with E-state index in [0.29, 0.717) is 23.0 Å². The predicted octanol–water partition coefficient (Wildman–Crippen LogP) is 3.46. The fourth-order valence-electron chi connectivity index (χ4n) is 2.01. The summed E-state index contributed by atoms with van der Waals surface area (Å²) in [6, 6.07) is 11.5. The van der Waals surface area contributed by atoms with Crippen molar-refractivity contribution in [3.63, 3.8) is 0 Å². The molecule has 0 aliphatic rings. The minimum Gasteiger partial charge on any atom is -0.496 e. The van der Waals surface area contributed by atoms with Gasteiger partial charge in [0.25, 0.3) is 0 Å². The maximum atomic E-state index is 13.3. The van der Waals surface area contributed by atoms with Crippen LogP contribution in [-0.4, -0.2) is 17.3 Å². The summed E-state index contributed by atoms with van der Waals surface area (Å²) in [5.74, 6) is 1.35. The Kier molecular flexibility index (Phi) is 4.00. The molecule has 0 aliphatic heterocycles. The van der Waals surface area contributed by atoms with E-state index in [9.17, 15) is 4.39 Å². The van der Waals surface area contributed by atoms with Crippen LogP contribution in [0.15, 0.2) is 53.3 Å². The van der Waals surface area contributed by atoms with Crippen molar-refractivity contribution in [1.82, 2.24) is 10.2 Å². The van der Waals surface area contributed by atoms with Gasteiger partial charge in [-0.1, -0.05) is 0 Å². The summed E-state index contributed by atoms with van der Waals surface area (Å²) in [5, 5.41) is 7.45. The molecule has 0 fully saturated rings. The van der Waals surface area contributed by atoms with Crippen LogP contribution in [0.5, 0.6) is 11.5 Å². The molecule has 1 aromatic heterocycles. The van der Waals surface area contributed by atoms with Crippen molar-refractivity contribution in [2.24, 2.45) is 0 Å². The van der Waals surface area contributed by atoms with Gasteiger partial charge in [-0.25, -0.2) is 4.39 Å². The molecule has 0 bridgehead atoms. The van der Waals surface area contributed by atoms with Crippen LogP contribution >= 0.6 is 0 Å². The molecule has 5 nitrogen and oxygen atoms in total. The van der Waals surface area contributed by atoms with Crippen LogP contribution in [0, 0.1) is 5.82 Å². The van der Waals surface area contributed by atoms with Crippen LogP contribution in [0.3, 0.4) is 0 Å². The summed E-state index contributed by atoms with van der Waals surface area (Å²) >= 11 is 0. The van der Waals surface area contributed by atoms with Crippen molar-refractivity contribution in [3.05, 3.63) is 60.2 Å².